The molecule has 0 spiro atoms. The number of rotatable bonds is 3. The second kappa shape index (κ2) is 5.14. The van der Waals surface area contributed by atoms with E-state index < -0.39 is 0 Å². The minimum absolute atomic E-state index is 0.0179. The first kappa shape index (κ1) is 9.52. The van der Waals surface area contributed by atoms with E-state index in [2.05, 4.69) is 5.32 Å². The van der Waals surface area contributed by atoms with E-state index in [1.807, 2.05) is 49.4 Å². The Morgan fingerprint density at radius 2 is 2.08 bits per heavy atom. The predicted molar refractivity (Wildman–Crippen MR) is 54.5 cm³/mol. The van der Waals surface area contributed by atoms with Gasteiger partial charge in [-0.1, -0.05) is 30.4 Å². The molecule has 0 atom stereocenters. The molecule has 0 unspecified atom stereocenters. The smallest absolute Gasteiger partial charge is 0.228 e. The number of hydrogen-bond acceptors (Lipinski definition) is 1. The second-order valence-corrected chi connectivity index (χ2v) is 2.69. The Balaban J connectivity index is 2.46. The summed E-state index contributed by atoms with van der Waals surface area (Å²) in [4.78, 5) is 11.2. The van der Waals surface area contributed by atoms with Gasteiger partial charge in [-0.05, 0) is 19.1 Å². The Morgan fingerprint density at radius 1 is 1.38 bits per heavy atom. The lowest BCUT2D eigenvalue weighted by Crippen LogP contribution is -2.09. The molecule has 0 bridgehead atoms. The lowest BCUT2D eigenvalue weighted by Gasteiger charge is -2.01. The van der Waals surface area contributed by atoms with Crippen molar-refractivity contribution >= 4 is 11.6 Å². The molecule has 0 saturated carbocycles. The zero-order valence-electron chi connectivity index (χ0n) is 7.66. The van der Waals surface area contributed by atoms with Gasteiger partial charge in [-0.25, -0.2) is 0 Å². The summed E-state index contributed by atoms with van der Waals surface area (Å²) in [6.45, 7) is 1.90. The number of anilines is 1. The predicted octanol–water partition coefficient (Wildman–Crippen LogP) is 2.59. The number of nitrogens with one attached hydrogen (secondary N) is 1. The second-order valence-electron chi connectivity index (χ2n) is 2.69. The maximum absolute atomic E-state index is 11.2. The van der Waals surface area contributed by atoms with Crippen LogP contribution in [0.5, 0.6) is 0 Å². The third-order valence-electron chi connectivity index (χ3n) is 1.60. The number of benzene rings is 1. The lowest BCUT2D eigenvalue weighted by molar-refractivity contribution is -0.115. The van der Waals surface area contributed by atoms with Gasteiger partial charge in [0.15, 0.2) is 0 Å². The van der Waals surface area contributed by atoms with Gasteiger partial charge >= 0.3 is 0 Å². The van der Waals surface area contributed by atoms with Gasteiger partial charge < -0.3 is 5.32 Å². The molecule has 1 N–H and O–H groups in total. The summed E-state index contributed by atoms with van der Waals surface area (Å²) in [5, 5.41) is 2.79. The van der Waals surface area contributed by atoms with Crippen LogP contribution in [0.1, 0.15) is 13.3 Å². The van der Waals surface area contributed by atoms with Crippen molar-refractivity contribution < 1.29 is 4.79 Å². The molecule has 0 aromatic heterocycles. The number of carbonyl (C=O) groups excluding carboxylic acids is 1. The van der Waals surface area contributed by atoms with Crippen LogP contribution in [0.3, 0.4) is 0 Å². The molecule has 68 valence electrons. The van der Waals surface area contributed by atoms with Gasteiger partial charge in [-0.2, -0.15) is 0 Å². The van der Waals surface area contributed by atoms with Crippen molar-refractivity contribution in [1.82, 2.24) is 0 Å². The van der Waals surface area contributed by atoms with Crippen LogP contribution in [0.25, 0.3) is 0 Å². The van der Waals surface area contributed by atoms with E-state index in [4.69, 9.17) is 0 Å². The molecule has 0 aliphatic carbocycles. The number of para-hydroxylation sites is 1. The van der Waals surface area contributed by atoms with E-state index >= 15 is 0 Å². The van der Waals surface area contributed by atoms with Gasteiger partial charge in [0.25, 0.3) is 0 Å². The first-order chi connectivity index (χ1) is 6.33. The molecule has 13 heavy (non-hydrogen) atoms. The highest BCUT2D eigenvalue weighted by Crippen LogP contribution is 2.05. The highest BCUT2D eigenvalue weighted by Gasteiger charge is 1.97. The standard InChI is InChI=1S/C11H13NO/c1-2-3-9-11(13)12-10-7-5-4-6-8-10/h2-8H,9H2,1H3,(H,12,13)/b3-2+. The van der Waals surface area contributed by atoms with Crippen LogP contribution in [0.2, 0.25) is 0 Å². The fourth-order valence-electron chi connectivity index (χ4n) is 0.958. The van der Waals surface area contributed by atoms with Crippen LogP contribution in [0.15, 0.2) is 42.5 Å². The summed E-state index contributed by atoms with van der Waals surface area (Å²) in [7, 11) is 0. The van der Waals surface area contributed by atoms with E-state index in [0.717, 1.165) is 5.69 Å². The largest absolute Gasteiger partial charge is 0.326 e. The fourth-order valence-corrected chi connectivity index (χ4v) is 0.958. The molecule has 2 heteroatoms. The molecule has 1 rings (SSSR count). The SMILES string of the molecule is C/C=C/CC(=O)Nc1ccccc1. The quantitative estimate of drug-likeness (QED) is 0.703. The summed E-state index contributed by atoms with van der Waals surface area (Å²) in [6.07, 6.45) is 4.13. The number of amides is 1. The van der Waals surface area contributed by atoms with Gasteiger partial charge in [0.2, 0.25) is 5.91 Å². The van der Waals surface area contributed by atoms with E-state index in [1.54, 1.807) is 0 Å². The van der Waals surface area contributed by atoms with Crippen LogP contribution >= 0.6 is 0 Å². The highest BCUT2D eigenvalue weighted by atomic mass is 16.1. The van der Waals surface area contributed by atoms with E-state index in [9.17, 15) is 4.79 Å². The molecule has 0 saturated heterocycles. The monoisotopic (exact) mass is 175 g/mol. The van der Waals surface area contributed by atoms with E-state index in [0.29, 0.717) is 6.42 Å². The van der Waals surface area contributed by atoms with Gasteiger partial charge in [-0.3, -0.25) is 4.79 Å². The van der Waals surface area contributed by atoms with Gasteiger partial charge in [-0.15, -0.1) is 0 Å². The summed E-state index contributed by atoms with van der Waals surface area (Å²) in [5.41, 5.74) is 0.844. The lowest BCUT2D eigenvalue weighted by atomic mass is 10.3. The van der Waals surface area contributed by atoms with Crippen LogP contribution in [0.4, 0.5) is 5.69 Å². The Kier molecular flexibility index (Phi) is 3.76. The molecule has 0 aliphatic heterocycles. The average molecular weight is 175 g/mol. The number of hydrogen-bond donors (Lipinski definition) is 1. The number of allylic oxidation sites excluding steroid dienone is 1. The molecular weight excluding hydrogens is 162 g/mol. The minimum atomic E-state index is 0.0179. The molecule has 2 nitrogen and oxygen atoms in total. The highest BCUT2D eigenvalue weighted by molar-refractivity contribution is 5.91. The number of carbonyl (C=O) groups is 1. The van der Waals surface area contributed by atoms with E-state index in [1.165, 1.54) is 0 Å². The van der Waals surface area contributed by atoms with Crippen molar-refractivity contribution in [3.63, 3.8) is 0 Å². The molecule has 0 fully saturated rings. The van der Waals surface area contributed by atoms with Crippen molar-refractivity contribution in [3.8, 4) is 0 Å². The molecule has 1 aromatic rings. The van der Waals surface area contributed by atoms with Crippen molar-refractivity contribution in [3.05, 3.63) is 42.5 Å². The van der Waals surface area contributed by atoms with Crippen molar-refractivity contribution in [2.45, 2.75) is 13.3 Å². The molecule has 0 aliphatic rings. The van der Waals surface area contributed by atoms with Crippen LogP contribution in [-0.4, -0.2) is 5.91 Å². The first-order valence-electron chi connectivity index (χ1n) is 4.29. The maximum atomic E-state index is 11.2. The van der Waals surface area contributed by atoms with Crippen molar-refractivity contribution in [2.24, 2.45) is 0 Å². The van der Waals surface area contributed by atoms with Crippen LogP contribution in [0, 0.1) is 0 Å². The van der Waals surface area contributed by atoms with Gasteiger partial charge in [0.05, 0.1) is 0 Å². The van der Waals surface area contributed by atoms with E-state index in [-0.39, 0.29) is 5.91 Å². The topological polar surface area (TPSA) is 29.1 Å². The Bertz CT molecular complexity index is 290. The Labute approximate surface area is 78.3 Å². The summed E-state index contributed by atoms with van der Waals surface area (Å²) in [6, 6.07) is 9.44. The van der Waals surface area contributed by atoms with Crippen LogP contribution < -0.4 is 5.32 Å². The van der Waals surface area contributed by atoms with Crippen LogP contribution in [-0.2, 0) is 4.79 Å². The summed E-state index contributed by atoms with van der Waals surface area (Å²) >= 11 is 0. The third kappa shape index (κ3) is 3.56. The van der Waals surface area contributed by atoms with Crippen molar-refractivity contribution in [1.29, 1.82) is 0 Å². The third-order valence-corrected chi connectivity index (χ3v) is 1.60. The average Bonchev–Trinajstić information content (AvgIpc) is 2.16. The summed E-state index contributed by atoms with van der Waals surface area (Å²) in [5.74, 6) is 0.0179. The zero-order valence-corrected chi connectivity index (χ0v) is 7.66. The summed E-state index contributed by atoms with van der Waals surface area (Å²) < 4.78 is 0. The molecule has 1 amide bonds. The normalized spacial score (nSPS) is 10.2. The maximum Gasteiger partial charge on any atom is 0.228 e. The molecule has 0 radical (unpaired) electrons. The Morgan fingerprint density at radius 3 is 2.69 bits per heavy atom. The minimum Gasteiger partial charge on any atom is -0.326 e. The Hall–Kier alpha value is -1.57. The first-order valence-corrected chi connectivity index (χ1v) is 4.29. The van der Waals surface area contributed by atoms with Crippen molar-refractivity contribution in [2.75, 3.05) is 5.32 Å². The zero-order chi connectivity index (χ0) is 9.52. The molecule has 1 aromatic carbocycles. The molecule has 0 heterocycles. The molecular formula is C11H13NO. The van der Waals surface area contributed by atoms with Gasteiger partial charge in [0, 0.05) is 12.1 Å². The fraction of sp³-hybridized carbons (Fsp3) is 0.182. The van der Waals surface area contributed by atoms with Gasteiger partial charge in [0.1, 0.15) is 0 Å².